The Morgan fingerprint density at radius 2 is 1.79 bits per heavy atom. The van der Waals surface area contributed by atoms with Gasteiger partial charge in [0.2, 0.25) is 0 Å². The molecule has 1 aliphatic rings. The molecule has 6 nitrogen and oxygen atoms in total. The van der Waals surface area contributed by atoms with Crippen molar-refractivity contribution in [2.75, 3.05) is 31.2 Å². The maximum Gasteiger partial charge on any atom is 0.186 e. The van der Waals surface area contributed by atoms with Gasteiger partial charge in [0.05, 0.1) is 41.0 Å². The van der Waals surface area contributed by atoms with Gasteiger partial charge in [-0.1, -0.05) is 53.8 Å². The van der Waals surface area contributed by atoms with Crippen LogP contribution in [0.2, 0.25) is 0 Å². The topological polar surface area (TPSA) is 55.5 Å². The third-order valence-electron chi connectivity index (χ3n) is 4.71. The van der Waals surface area contributed by atoms with E-state index in [1.807, 2.05) is 48.7 Å². The van der Waals surface area contributed by atoms with Crippen LogP contribution in [-0.4, -0.2) is 47.2 Å². The van der Waals surface area contributed by atoms with E-state index in [-0.39, 0.29) is 0 Å². The molecule has 0 atom stereocenters. The van der Waals surface area contributed by atoms with E-state index in [1.54, 1.807) is 22.3 Å². The number of morpholine rings is 1. The first-order valence-corrected chi connectivity index (χ1v) is 10.1. The highest BCUT2D eigenvalue weighted by molar-refractivity contribution is 7.17. The zero-order valence-corrected chi connectivity index (χ0v) is 16.0. The Morgan fingerprint density at radius 1 is 1.00 bits per heavy atom. The van der Waals surface area contributed by atoms with Crippen molar-refractivity contribution in [3.8, 4) is 11.3 Å². The second kappa shape index (κ2) is 7.53. The fraction of sp³-hybridized carbons (Fsp3) is 0.190. The van der Waals surface area contributed by atoms with E-state index in [2.05, 4.69) is 27.1 Å². The number of thiazole rings is 1. The summed E-state index contributed by atoms with van der Waals surface area (Å²) in [5, 5.41) is 5.68. The van der Waals surface area contributed by atoms with Gasteiger partial charge in [0, 0.05) is 18.7 Å². The van der Waals surface area contributed by atoms with Crippen molar-refractivity contribution in [1.29, 1.82) is 0 Å². The van der Waals surface area contributed by atoms with E-state index < -0.39 is 0 Å². The van der Waals surface area contributed by atoms with Gasteiger partial charge in [0.25, 0.3) is 0 Å². The lowest BCUT2D eigenvalue weighted by Gasteiger charge is -2.26. The quantitative estimate of drug-likeness (QED) is 0.497. The van der Waals surface area contributed by atoms with Crippen molar-refractivity contribution in [1.82, 2.24) is 14.6 Å². The van der Waals surface area contributed by atoms with Gasteiger partial charge >= 0.3 is 0 Å². The predicted molar refractivity (Wildman–Crippen MR) is 113 cm³/mol. The molecular formula is C21H19N5OS. The van der Waals surface area contributed by atoms with Crippen LogP contribution in [0, 0.1) is 0 Å². The Hall–Kier alpha value is -3.03. The molecule has 28 heavy (non-hydrogen) atoms. The van der Waals surface area contributed by atoms with Crippen LogP contribution in [0.1, 0.15) is 4.88 Å². The summed E-state index contributed by atoms with van der Waals surface area (Å²) < 4.78 is 7.28. The van der Waals surface area contributed by atoms with Gasteiger partial charge in [0.15, 0.2) is 5.13 Å². The molecule has 140 valence electrons. The predicted octanol–water partition coefficient (Wildman–Crippen LogP) is 3.88. The number of rotatable bonds is 4. The molecule has 0 N–H and O–H groups in total. The normalized spacial score (nSPS) is 14.9. The molecule has 5 rings (SSSR count). The van der Waals surface area contributed by atoms with Gasteiger partial charge in [-0.3, -0.25) is 0 Å². The third kappa shape index (κ3) is 3.30. The first-order chi connectivity index (χ1) is 13.9. The highest BCUT2D eigenvalue weighted by atomic mass is 32.1. The summed E-state index contributed by atoms with van der Waals surface area (Å²) in [6, 6.07) is 18.2. The molecule has 0 amide bonds. The molecule has 2 aromatic carbocycles. The Morgan fingerprint density at radius 3 is 2.64 bits per heavy atom. The number of hydrogen-bond donors (Lipinski definition) is 0. The van der Waals surface area contributed by atoms with Gasteiger partial charge in [-0.05, 0) is 12.1 Å². The molecule has 0 radical (unpaired) electrons. The number of aromatic nitrogens is 3. The zero-order chi connectivity index (χ0) is 18.8. The van der Waals surface area contributed by atoms with Gasteiger partial charge in [-0.25, -0.2) is 14.6 Å². The van der Waals surface area contributed by atoms with Crippen molar-refractivity contribution >= 4 is 33.7 Å². The number of anilines is 1. The first kappa shape index (κ1) is 17.1. The molecule has 2 aromatic heterocycles. The number of hydrogen-bond acceptors (Lipinski definition) is 6. The fourth-order valence-corrected chi connectivity index (χ4v) is 4.26. The highest BCUT2D eigenvalue weighted by Gasteiger charge is 2.18. The lowest BCUT2D eigenvalue weighted by atomic mass is 10.1. The molecule has 0 aliphatic carbocycles. The molecule has 4 aromatic rings. The minimum Gasteiger partial charge on any atom is -0.378 e. The number of fused-ring (bicyclic) bond motifs is 1. The maximum absolute atomic E-state index is 5.48. The number of ether oxygens (including phenoxy) is 1. The summed E-state index contributed by atoms with van der Waals surface area (Å²) in [6.45, 7) is 3.21. The molecule has 7 heteroatoms. The molecule has 0 saturated carbocycles. The van der Waals surface area contributed by atoms with Crippen LogP contribution < -0.4 is 4.90 Å². The number of benzene rings is 2. The zero-order valence-electron chi connectivity index (χ0n) is 15.2. The summed E-state index contributed by atoms with van der Waals surface area (Å²) in [6.07, 6.45) is 3.63. The molecule has 1 saturated heterocycles. The Bertz CT molecular complexity index is 1110. The summed E-state index contributed by atoms with van der Waals surface area (Å²) in [5.41, 5.74) is 3.97. The minimum atomic E-state index is 0.741. The Labute approximate surface area is 166 Å². The van der Waals surface area contributed by atoms with Crippen LogP contribution in [0.5, 0.6) is 0 Å². The monoisotopic (exact) mass is 389 g/mol. The fourth-order valence-electron chi connectivity index (χ4n) is 3.25. The molecule has 0 bridgehead atoms. The molecule has 0 spiro atoms. The van der Waals surface area contributed by atoms with Crippen LogP contribution in [-0.2, 0) is 4.74 Å². The van der Waals surface area contributed by atoms with Crippen molar-refractivity contribution in [2.24, 2.45) is 5.10 Å². The van der Waals surface area contributed by atoms with Gasteiger partial charge < -0.3 is 9.64 Å². The van der Waals surface area contributed by atoms with E-state index in [1.165, 1.54) is 0 Å². The minimum absolute atomic E-state index is 0.741. The summed E-state index contributed by atoms with van der Waals surface area (Å²) in [7, 11) is 0. The van der Waals surface area contributed by atoms with E-state index in [9.17, 15) is 0 Å². The number of nitrogens with zero attached hydrogens (tertiary/aromatic N) is 5. The van der Waals surface area contributed by atoms with Crippen LogP contribution in [0.15, 0.2) is 66.0 Å². The lowest BCUT2D eigenvalue weighted by molar-refractivity contribution is 0.122. The van der Waals surface area contributed by atoms with Crippen LogP contribution >= 0.6 is 11.3 Å². The van der Waals surface area contributed by atoms with Crippen LogP contribution in [0.3, 0.4) is 0 Å². The number of imidazole rings is 1. The number of para-hydroxylation sites is 2. The smallest absolute Gasteiger partial charge is 0.186 e. The standard InChI is InChI=1S/C21H19N5OS/c1-2-6-16(7-3-1)20-19(28-21(24-20)25-10-12-27-13-11-25)14-23-26-15-22-17-8-4-5-9-18(17)26/h1-9,14-15H,10-13H2/b23-14-. The maximum atomic E-state index is 5.48. The molecular weight excluding hydrogens is 370 g/mol. The van der Waals surface area contributed by atoms with Crippen LogP contribution in [0.4, 0.5) is 5.13 Å². The first-order valence-electron chi connectivity index (χ1n) is 9.24. The Balaban J connectivity index is 1.54. The largest absolute Gasteiger partial charge is 0.378 e. The Kier molecular flexibility index (Phi) is 4.60. The van der Waals surface area contributed by atoms with Crippen molar-refractivity contribution in [3.05, 3.63) is 65.8 Å². The van der Waals surface area contributed by atoms with Crippen molar-refractivity contribution in [3.63, 3.8) is 0 Å². The summed E-state index contributed by atoms with van der Waals surface area (Å²) >= 11 is 1.66. The van der Waals surface area contributed by atoms with Gasteiger partial charge in [-0.15, -0.1) is 0 Å². The third-order valence-corrected chi connectivity index (χ3v) is 5.76. The molecule has 1 fully saturated rings. The van der Waals surface area contributed by atoms with E-state index in [4.69, 9.17) is 9.72 Å². The lowest BCUT2D eigenvalue weighted by Crippen LogP contribution is -2.36. The van der Waals surface area contributed by atoms with Crippen molar-refractivity contribution < 1.29 is 4.74 Å². The molecule has 0 unspecified atom stereocenters. The van der Waals surface area contributed by atoms with E-state index >= 15 is 0 Å². The van der Waals surface area contributed by atoms with Gasteiger partial charge in [-0.2, -0.15) is 5.10 Å². The summed E-state index contributed by atoms with van der Waals surface area (Å²) in [4.78, 5) is 12.7. The van der Waals surface area contributed by atoms with E-state index in [0.717, 1.165) is 58.6 Å². The van der Waals surface area contributed by atoms with Crippen LogP contribution in [0.25, 0.3) is 22.3 Å². The average molecular weight is 389 g/mol. The SMILES string of the molecule is C(=N/n1cnc2ccccc21)/c1sc(N2CCOCC2)nc1-c1ccccc1. The highest BCUT2D eigenvalue weighted by Crippen LogP contribution is 2.32. The molecule has 3 heterocycles. The van der Waals surface area contributed by atoms with E-state index in [0.29, 0.717) is 0 Å². The average Bonchev–Trinajstić information content (AvgIpc) is 3.38. The second-order valence-corrected chi connectivity index (χ2v) is 7.51. The van der Waals surface area contributed by atoms with Crippen molar-refractivity contribution in [2.45, 2.75) is 0 Å². The second-order valence-electron chi connectivity index (χ2n) is 6.50. The van der Waals surface area contributed by atoms with Gasteiger partial charge in [0.1, 0.15) is 6.33 Å². The summed E-state index contributed by atoms with van der Waals surface area (Å²) in [5.74, 6) is 0. The molecule has 1 aliphatic heterocycles.